The van der Waals surface area contributed by atoms with Crippen LogP contribution in [0.1, 0.15) is 23.4 Å². The van der Waals surface area contributed by atoms with Gasteiger partial charge in [-0.3, -0.25) is 4.79 Å². The van der Waals surface area contributed by atoms with Crippen molar-refractivity contribution in [2.24, 2.45) is 0 Å². The smallest absolute Gasteiger partial charge is 0.245 e. The van der Waals surface area contributed by atoms with Crippen molar-refractivity contribution in [2.75, 3.05) is 19.0 Å². The number of ether oxygens (including phenoxy) is 1. The van der Waals surface area contributed by atoms with Gasteiger partial charge >= 0.3 is 0 Å². The van der Waals surface area contributed by atoms with Crippen LogP contribution in [0.15, 0.2) is 42.5 Å². The number of carbonyl (C=O) groups is 1. The number of rotatable bonds is 5. The molecular weight excluding hydrogens is 352 g/mol. The van der Waals surface area contributed by atoms with Crippen LogP contribution < -0.4 is 10.1 Å². The topological polar surface area (TPSA) is 67.4 Å². The molecular formula is C22H24N4O2. The molecule has 0 bridgehead atoms. The number of fused-ring (bicyclic) bond motifs is 1. The van der Waals surface area contributed by atoms with Gasteiger partial charge < -0.3 is 15.0 Å². The number of aromatic nitrogens is 2. The molecule has 1 amide bonds. The maximum absolute atomic E-state index is 12.9. The van der Waals surface area contributed by atoms with Crippen LogP contribution in [-0.4, -0.2) is 40.5 Å². The van der Waals surface area contributed by atoms with Crippen molar-refractivity contribution in [1.29, 1.82) is 0 Å². The van der Waals surface area contributed by atoms with Crippen molar-refractivity contribution in [3.63, 3.8) is 0 Å². The minimum Gasteiger partial charge on any atom is -0.497 e. The van der Waals surface area contributed by atoms with Crippen LogP contribution >= 0.6 is 0 Å². The molecule has 6 heteroatoms. The number of amides is 1. The normalized spacial score (nSPS) is 16.6. The summed E-state index contributed by atoms with van der Waals surface area (Å²) in [7, 11) is 1.63. The van der Waals surface area contributed by atoms with Crippen LogP contribution in [0.3, 0.4) is 0 Å². The van der Waals surface area contributed by atoms with Gasteiger partial charge in [0.1, 0.15) is 23.4 Å². The summed E-state index contributed by atoms with van der Waals surface area (Å²) in [5.74, 6) is 2.19. The second kappa shape index (κ2) is 7.46. The third-order valence-electron chi connectivity index (χ3n) is 5.12. The molecule has 1 N–H and O–H groups in total. The number of nitrogens with one attached hydrogen (secondary N) is 1. The highest BCUT2D eigenvalue weighted by Crippen LogP contribution is 2.27. The lowest BCUT2D eigenvalue weighted by atomic mass is 10.1. The summed E-state index contributed by atoms with van der Waals surface area (Å²) in [6.07, 6.45) is 0.749. The van der Waals surface area contributed by atoms with Gasteiger partial charge in [0.05, 0.1) is 12.6 Å². The summed E-state index contributed by atoms with van der Waals surface area (Å²) in [5.41, 5.74) is 3.20. The Bertz CT molecular complexity index is 1020. The average molecular weight is 376 g/mol. The van der Waals surface area contributed by atoms with E-state index >= 15 is 0 Å². The molecule has 2 heterocycles. The number of likely N-dealkylation sites (tertiary alicyclic amines) is 1. The van der Waals surface area contributed by atoms with Gasteiger partial charge in [-0.15, -0.1) is 0 Å². The molecule has 1 aromatic heterocycles. The fourth-order valence-corrected chi connectivity index (χ4v) is 3.57. The van der Waals surface area contributed by atoms with Crippen LogP contribution in [0, 0.1) is 13.8 Å². The molecule has 0 radical (unpaired) electrons. The predicted octanol–water partition coefficient (Wildman–Crippen LogP) is 3.47. The average Bonchev–Trinajstić information content (AvgIpc) is 3.03. The maximum Gasteiger partial charge on any atom is 0.245 e. The molecule has 4 rings (SSSR count). The third-order valence-corrected chi connectivity index (χ3v) is 5.12. The molecule has 28 heavy (non-hydrogen) atoms. The summed E-state index contributed by atoms with van der Waals surface area (Å²) in [6, 6.07) is 13.7. The van der Waals surface area contributed by atoms with E-state index in [2.05, 4.69) is 46.5 Å². The van der Waals surface area contributed by atoms with E-state index in [4.69, 9.17) is 4.74 Å². The number of hydrogen-bond donors (Lipinski definition) is 1. The molecule has 3 aromatic rings. The van der Waals surface area contributed by atoms with Gasteiger partial charge in [-0.05, 0) is 44.0 Å². The first kappa shape index (κ1) is 18.2. The van der Waals surface area contributed by atoms with Crippen molar-refractivity contribution in [3.05, 3.63) is 59.4 Å². The molecule has 2 aromatic carbocycles. The standard InChI is InChI=1S/C22H24N4O2/c1-14-4-6-16(7-5-14)13-26-11-10-20(22(26)27)25-21-18-12-17(28-3)8-9-19(18)23-15(2)24-21/h4-9,12,20H,10-11,13H2,1-3H3,(H,23,24,25). The second-order valence-electron chi connectivity index (χ2n) is 7.23. The number of nitrogens with zero attached hydrogens (tertiary/aromatic N) is 3. The molecule has 1 saturated heterocycles. The zero-order valence-corrected chi connectivity index (χ0v) is 16.4. The van der Waals surface area contributed by atoms with Crippen LogP contribution in [0.4, 0.5) is 5.82 Å². The van der Waals surface area contributed by atoms with E-state index in [-0.39, 0.29) is 11.9 Å². The Hall–Kier alpha value is -3.15. The molecule has 0 spiro atoms. The van der Waals surface area contributed by atoms with Crippen molar-refractivity contribution >= 4 is 22.6 Å². The van der Waals surface area contributed by atoms with Crippen molar-refractivity contribution in [3.8, 4) is 5.75 Å². The van der Waals surface area contributed by atoms with E-state index in [1.54, 1.807) is 7.11 Å². The quantitative estimate of drug-likeness (QED) is 0.739. The summed E-state index contributed by atoms with van der Waals surface area (Å²) in [4.78, 5) is 23.8. The zero-order chi connectivity index (χ0) is 19.7. The Morgan fingerprint density at radius 2 is 1.93 bits per heavy atom. The molecule has 1 atom stereocenters. The molecule has 0 aliphatic carbocycles. The molecule has 144 valence electrons. The van der Waals surface area contributed by atoms with Crippen molar-refractivity contribution in [2.45, 2.75) is 32.9 Å². The van der Waals surface area contributed by atoms with Crippen molar-refractivity contribution < 1.29 is 9.53 Å². The van der Waals surface area contributed by atoms with Gasteiger partial charge in [0, 0.05) is 18.5 Å². The first-order chi connectivity index (χ1) is 13.5. The molecule has 0 saturated carbocycles. The highest BCUT2D eigenvalue weighted by Gasteiger charge is 2.32. The Balaban J connectivity index is 1.54. The van der Waals surface area contributed by atoms with E-state index < -0.39 is 0 Å². The lowest BCUT2D eigenvalue weighted by Gasteiger charge is -2.18. The van der Waals surface area contributed by atoms with Crippen LogP contribution in [0.2, 0.25) is 0 Å². The Morgan fingerprint density at radius 3 is 2.68 bits per heavy atom. The monoisotopic (exact) mass is 376 g/mol. The number of methoxy groups -OCH3 is 1. The summed E-state index contributed by atoms with van der Waals surface area (Å²) < 4.78 is 5.33. The van der Waals surface area contributed by atoms with E-state index in [0.717, 1.165) is 35.2 Å². The zero-order valence-electron chi connectivity index (χ0n) is 16.4. The number of hydrogen-bond acceptors (Lipinski definition) is 5. The van der Waals surface area contributed by atoms with E-state index in [1.807, 2.05) is 30.0 Å². The fourth-order valence-electron chi connectivity index (χ4n) is 3.57. The molecule has 1 unspecified atom stereocenters. The molecule has 1 aliphatic rings. The Labute approximate surface area is 164 Å². The molecule has 6 nitrogen and oxygen atoms in total. The third kappa shape index (κ3) is 3.63. The van der Waals surface area contributed by atoms with Crippen molar-refractivity contribution in [1.82, 2.24) is 14.9 Å². The summed E-state index contributed by atoms with van der Waals surface area (Å²) in [6.45, 7) is 5.28. The van der Waals surface area contributed by atoms with Gasteiger partial charge in [-0.1, -0.05) is 29.8 Å². The maximum atomic E-state index is 12.9. The Morgan fingerprint density at radius 1 is 1.14 bits per heavy atom. The minimum absolute atomic E-state index is 0.105. The predicted molar refractivity (Wildman–Crippen MR) is 109 cm³/mol. The van der Waals surface area contributed by atoms with E-state index in [9.17, 15) is 4.79 Å². The second-order valence-corrected chi connectivity index (χ2v) is 7.23. The van der Waals surface area contributed by atoms with Gasteiger partial charge in [-0.2, -0.15) is 0 Å². The van der Waals surface area contributed by atoms with E-state index in [0.29, 0.717) is 18.2 Å². The van der Waals surface area contributed by atoms with Crippen LogP contribution in [-0.2, 0) is 11.3 Å². The lowest BCUT2D eigenvalue weighted by molar-refractivity contribution is -0.128. The first-order valence-corrected chi connectivity index (χ1v) is 9.47. The number of aryl methyl sites for hydroxylation is 2. The fraction of sp³-hybridized carbons (Fsp3) is 0.318. The van der Waals surface area contributed by atoms with Gasteiger partial charge in [-0.25, -0.2) is 9.97 Å². The summed E-state index contributed by atoms with van der Waals surface area (Å²) >= 11 is 0. The van der Waals surface area contributed by atoms with E-state index in [1.165, 1.54) is 5.56 Å². The SMILES string of the molecule is COc1ccc2nc(C)nc(NC3CCN(Cc4ccc(C)cc4)C3=O)c2c1. The molecule has 1 aliphatic heterocycles. The highest BCUT2D eigenvalue weighted by atomic mass is 16.5. The lowest BCUT2D eigenvalue weighted by Crippen LogP contribution is -2.33. The minimum atomic E-state index is -0.283. The van der Waals surface area contributed by atoms with Crippen LogP contribution in [0.5, 0.6) is 5.75 Å². The van der Waals surface area contributed by atoms with Gasteiger partial charge in [0.15, 0.2) is 0 Å². The van der Waals surface area contributed by atoms with Gasteiger partial charge in [0.25, 0.3) is 0 Å². The van der Waals surface area contributed by atoms with Gasteiger partial charge in [0.2, 0.25) is 5.91 Å². The number of benzene rings is 2. The number of carbonyl (C=O) groups excluding carboxylic acids is 1. The molecule has 1 fully saturated rings. The largest absolute Gasteiger partial charge is 0.497 e. The van der Waals surface area contributed by atoms with Crippen LogP contribution in [0.25, 0.3) is 10.9 Å². The summed E-state index contributed by atoms with van der Waals surface area (Å²) in [5, 5.41) is 4.21. The Kier molecular flexibility index (Phi) is 4.86. The first-order valence-electron chi connectivity index (χ1n) is 9.47. The number of anilines is 1. The highest BCUT2D eigenvalue weighted by molar-refractivity contribution is 5.93.